The summed E-state index contributed by atoms with van der Waals surface area (Å²) in [5.74, 6) is 1.66. The van der Waals surface area contributed by atoms with E-state index in [2.05, 4.69) is 57.0 Å². The smallest absolute Gasteiger partial charge is 0.129 e. The zero-order valence-corrected chi connectivity index (χ0v) is 14.3. The van der Waals surface area contributed by atoms with Crippen molar-refractivity contribution in [3.63, 3.8) is 0 Å². The number of hydrogen-bond acceptors (Lipinski definition) is 3. The van der Waals surface area contributed by atoms with Gasteiger partial charge in [0.05, 0.1) is 0 Å². The van der Waals surface area contributed by atoms with E-state index in [-0.39, 0.29) is 0 Å². The summed E-state index contributed by atoms with van der Waals surface area (Å²) in [6.07, 6.45) is 3.84. The maximum Gasteiger partial charge on any atom is 0.129 e. The fourth-order valence-electron chi connectivity index (χ4n) is 2.57. The van der Waals surface area contributed by atoms with Crippen LogP contribution in [0, 0.1) is 0 Å². The largest absolute Gasteiger partial charge is 0.354 e. The third-order valence-electron chi connectivity index (χ3n) is 3.94. The summed E-state index contributed by atoms with van der Waals surface area (Å²) >= 11 is 0. The molecule has 0 spiro atoms. The molecule has 3 nitrogen and oxygen atoms in total. The van der Waals surface area contributed by atoms with E-state index in [0.29, 0.717) is 12.0 Å². The van der Waals surface area contributed by atoms with Crippen molar-refractivity contribution < 1.29 is 0 Å². The molecule has 118 valence electrons. The molecular formula is C18H31N3. The first-order valence-corrected chi connectivity index (χ1v) is 8.52. The van der Waals surface area contributed by atoms with Crippen molar-refractivity contribution in [2.45, 2.75) is 78.4 Å². The molecule has 1 N–H and O–H groups in total. The Morgan fingerprint density at radius 3 is 2.48 bits per heavy atom. The van der Waals surface area contributed by atoms with Crippen LogP contribution in [-0.2, 0) is 6.54 Å². The first-order valence-electron chi connectivity index (χ1n) is 8.52. The number of pyridine rings is 1. The monoisotopic (exact) mass is 289 g/mol. The third kappa shape index (κ3) is 4.70. The summed E-state index contributed by atoms with van der Waals surface area (Å²) in [6, 6.07) is 5.79. The number of nitrogens with one attached hydrogen (secondary N) is 1. The molecule has 21 heavy (non-hydrogen) atoms. The average molecular weight is 289 g/mol. The quantitative estimate of drug-likeness (QED) is 0.781. The summed E-state index contributed by atoms with van der Waals surface area (Å²) in [7, 11) is 0. The Balaban J connectivity index is 2.25. The van der Waals surface area contributed by atoms with Gasteiger partial charge in [-0.2, -0.15) is 0 Å². The van der Waals surface area contributed by atoms with Crippen LogP contribution in [0.3, 0.4) is 0 Å². The van der Waals surface area contributed by atoms with E-state index in [9.17, 15) is 0 Å². The van der Waals surface area contributed by atoms with Crippen LogP contribution in [0.5, 0.6) is 0 Å². The van der Waals surface area contributed by atoms with Crippen molar-refractivity contribution in [1.82, 2.24) is 10.3 Å². The Labute approximate surface area is 130 Å². The fourth-order valence-corrected chi connectivity index (χ4v) is 2.57. The van der Waals surface area contributed by atoms with E-state index >= 15 is 0 Å². The molecule has 1 saturated carbocycles. The summed E-state index contributed by atoms with van der Waals surface area (Å²) < 4.78 is 0. The van der Waals surface area contributed by atoms with E-state index in [1.807, 2.05) is 0 Å². The van der Waals surface area contributed by atoms with E-state index in [4.69, 9.17) is 4.98 Å². The molecule has 2 rings (SSSR count). The molecule has 0 saturated heterocycles. The van der Waals surface area contributed by atoms with Gasteiger partial charge in [0.15, 0.2) is 0 Å². The normalized spacial score (nSPS) is 15.0. The lowest BCUT2D eigenvalue weighted by atomic mass is 10.1. The van der Waals surface area contributed by atoms with Crippen molar-refractivity contribution >= 4 is 5.82 Å². The number of rotatable bonds is 8. The number of anilines is 1. The minimum absolute atomic E-state index is 0.477. The second-order valence-electron chi connectivity index (χ2n) is 6.87. The first kappa shape index (κ1) is 16.3. The Kier molecular flexibility index (Phi) is 5.63. The molecule has 1 aromatic heterocycles. The number of hydrogen-bond donors (Lipinski definition) is 1. The molecule has 0 amide bonds. The Morgan fingerprint density at radius 2 is 1.95 bits per heavy atom. The van der Waals surface area contributed by atoms with Crippen molar-refractivity contribution in [2.75, 3.05) is 11.4 Å². The maximum atomic E-state index is 4.94. The van der Waals surface area contributed by atoms with Crippen LogP contribution in [0.2, 0.25) is 0 Å². The van der Waals surface area contributed by atoms with Crippen LogP contribution in [0.25, 0.3) is 0 Å². The highest BCUT2D eigenvalue weighted by Crippen LogP contribution is 2.32. The second kappa shape index (κ2) is 7.26. The van der Waals surface area contributed by atoms with Crippen LogP contribution < -0.4 is 10.2 Å². The van der Waals surface area contributed by atoms with Crippen molar-refractivity contribution in [1.29, 1.82) is 0 Å². The molecule has 1 heterocycles. The van der Waals surface area contributed by atoms with Gasteiger partial charge >= 0.3 is 0 Å². The molecule has 1 aliphatic rings. The second-order valence-corrected chi connectivity index (χ2v) is 6.87. The zero-order chi connectivity index (χ0) is 15.4. The van der Waals surface area contributed by atoms with Crippen molar-refractivity contribution in [3.05, 3.63) is 23.4 Å². The van der Waals surface area contributed by atoms with Gasteiger partial charge in [0, 0.05) is 30.9 Å². The van der Waals surface area contributed by atoms with E-state index in [0.717, 1.165) is 19.1 Å². The molecule has 0 aromatic carbocycles. The molecule has 3 heteroatoms. The van der Waals surface area contributed by atoms with Gasteiger partial charge in [0.25, 0.3) is 0 Å². The molecule has 1 aliphatic carbocycles. The van der Waals surface area contributed by atoms with Gasteiger partial charge in [-0.05, 0) is 42.9 Å². The van der Waals surface area contributed by atoms with Gasteiger partial charge in [-0.3, -0.25) is 0 Å². The molecule has 0 aliphatic heterocycles. The fraction of sp³-hybridized carbons (Fsp3) is 0.722. The minimum Gasteiger partial charge on any atom is -0.354 e. The third-order valence-corrected chi connectivity index (χ3v) is 3.94. The van der Waals surface area contributed by atoms with Crippen molar-refractivity contribution in [2.24, 2.45) is 0 Å². The highest BCUT2D eigenvalue weighted by molar-refractivity contribution is 5.45. The zero-order valence-electron chi connectivity index (χ0n) is 14.3. The van der Waals surface area contributed by atoms with Crippen LogP contribution >= 0.6 is 0 Å². The summed E-state index contributed by atoms with van der Waals surface area (Å²) in [6.45, 7) is 13.1. The Hall–Kier alpha value is -1.09. The molecule has 0 radical (unpaired) electrons. The number of nitrogens with zero attached hydrogens (tertiary/aromatic N) is 2. The van der Waals surface area contributed by atoms with Crippen molar-refractivity contribution in [3.8, 4) is 0 Å². The number of aromatic nitrogens is 1. The first-order chi connectivity index (χ1) is 10.0. The van der Waals surface area contributed by atoms with Crippen LogP contribution in [0.1, 0.15) is 71.1 Å². The lowest BCUT2D eigenvalue weighted by Gasteiger charge is -2.25. The predicted molar refractivity (Wildman–Crippen MR) is 91.0 cm³/mol. The molecular weight excluding hydrogens is 258 g/mol. The van der Waals surface area contributed by atoms with Crippen LogP contribution in [-0.4, -0.2) is 23.6 Å². The van der Waals surface area contributed by atoms with Gasteiger partial charge in [-0.25, -0.2) is 4.98 Å². The highest BCUT2D eigenvalue weighted by atomic mass is 15.2. The van der Waals surface area contributed by atoms with Crippen LogP contribution in [0.4, 0.5) is 5.82 Å². The topological polar surface area (TPSA) is 28.2 Å². The van der Waals surface area contributed by atoms with Gasteiger partial charge in [-0.15, -0.1) is 0 Å². The van der Waals surface area contributed by atoms with Crippen LogP contribution in [0.15, 0.2) is 12.1 Å². The van der Waals surface area contributed by atoms with E-state index in [1.165, 1.54) is 36.3 Å². The molecule has 1 fully saturated rings. The maximum absolute atomic E-state index is 4.94. The Morgan fingerprint density at radius 1 is 1.24 bits per heavy atom. The SMILES string of the molecule is CCCN(c1cc(CNC(C)C)cc(C(C)C)n1)C1CC1. The standard InChI is InChI=1S/C18H31N3/c1-6-9-21(16-7-8-16)18-11-15(12-19-14(4)5)10-17(20-18)13(2)3/h10-11,13-14,16,19H,6-9,12H2,1-5H3. The minimum atomic E-state index is 0.477. The Bertz CT molecular complexity index is 450. The van der Waals surface area contributed by atoms with E-state index in [1.54, 1.807) is 0 Å². The lowest BCUT2D eigenvalue weighted by molar-refractivity contribution is 0.587. The average Bonchev–Trinajstić information content (AvgIpc) is 3.26. The summed E-state index contributed by atoms with van der Waals surface area (Å²) in [4.78, 5) is 7.46. The highest BCUT2D eigenvalue weighted by Gasteiger charge is 2.29. The van der Waals surface area contributed by atoms with Gasteiger partial charge in [-0.1, -0.05) is 34.6 Å². The predicted octanol–water partition coefficient (Wildman–Crippen LogP) is 4.08. The summed E-state index contributed by atoms with van der Waals surface area (Å²) in [5, 5.41) is 3.52. The van der Waals surface area contributed by atoms with Gasteiger partial charge in [0.1, 0.15) is 5.82 Å². The molecule has 0 bridgehead atoms. The molecule has 0 atom stereocenters. The summed E-state index contributed by atoms with van der Waals surface area (Å²) in [5.41, 5.74) is 2.58. The van der Waals surface area contributed by atoms with Gasteiger partial charge < -0.3 is 10.2 Å². The molecule has 0 unspecified atom stereocenters. The van der Waals surface area contributed by atoms with Gasteiger partial charge in [0.2, 0.25) is 0 Å². The van der Waals surface area contributed by atoms with E-state index < -0.39 is 0 Å². The molecule has 1 aromatic rings. The lowest BCUT2D eigenvalue weighted by Crippen LogP contribution is -2.28.